The second kappa shape index (κ2) is 50.4. The fourth-order valence-electron chi connectivity index (χ4n) is 8.44. The SMILES string of the molecule is CCCCC/C=C/CC/C=C/C(O)C(COP(=O)([O-])OCC[N+](C)(C)C)NC(=O)CCCCCCCCCCCCCCCCCCC/C=C\C/C=C\CCCCCCCCCCCCCCC. The number of likely N-dealkylation sites (N-methyl/N-ethyl adjacent to an activating group) is 1. The van der Waals surface area contributed by atoms with Crippen LogP contribution in [-0.4, -0.2) is 68.5 Å². The van der Waals surface area contributed by atoms with E-state index < -0.39 is 26.6 Å². The molecule has 3 atom stereocenters. The number of carbonyl (C=O) groups is 1. The van der Waals surface area contributed by atoms with E-state index in [1.165, 1.54) is 205 Å². The lowest BCUT2D eigenvalue weighted by atomic mass is 10.0. The zero-order valence-corrected chi connectivity index (χ0v) is 46.5. The molecule has 0 saturated carbocycles. The van der Waals surface area contributed by atoms with Crippen molar-refractivity contribution < 1.29 is 32.9 Å². The number of unbranched alkanes of at least 4 members (excludes halogenated alkanes) is 34. The molecule has 0 rings (SSSR count). The van der Waals surface area contributed by atoms with Crippen LogP contribution in [0.5, 0.6) is 0 Å². The highest BCUT2D eigenvalue weighted by Crippen LogP contribution is 2.38. The Kier molecular flexibility index (Phi) is 49.3. The van der Waals surface area contributed by atoms with Crippen molar-refractivity contribution in [2.24, 2.45) is 0 Å². The van der Waals surface area contributed by atoms with E-state index >= 15 is 0 Å². The number of carbonyl (C=O) groups excluding carboxylic acids is 1. The summed E-state index contributed by atoms with van der Waals surface area (Å²) in [7, 11) is 1.24. The quantitative estimate of drug-likeness (QED) is 0.0272. The summed E-state index contributed by atoms with van der Waals surface area (Å²) in [4.78, 5) is 25.3. The van der Waals surface area contributed by atoms with Crippen LogP contribution in [0.3, 0.4) is 0 Å². The molecule has 0 fully saturated rings. The predicted octanol–water partition coefficient (Wildman–Crippen LogP) is 16.9. The van der Waals surface area contributed by atoms with Crippen molar-refractivity contribution >= 4 is 13.7 Å². The Labute approximate surface area is 422 Å². The fourth-order valence-corrected chi connectivity index (χ4v) is 9.16. The molecular formula is C59H113N2O6P. The number of hydrogen-bond acceptors (Lipinski definition) is 6. The first-order chi connectivity index (χ1) is 33.0. The highest BCUT2D eigenvalue weighted by molar-refractivity contribution is 7.45. The minimum atomic E-state index is -4.59. The Morgan fingerprint density at radius 3 is 1.31 bits per heavy atom. The molecule has 0 aromatic rings. The molecule has 3 unspecified atom stereocenters. The molecule has 1 amide bonds. The standard InChI is InChI=1S/C59H113N2O6P/c1-6-8-10-12-14-16-17-18-19-20-21-22-23-24-25-26-27-28-29-30-31-32-33-34-35-36-37-38-39-40-41-42-43-45-47-49-51-53-59(63)60-57(56-67-68(64,65)66-55-54-61(3,4)5)58(62)52-50-48-46-44-15-13-11-9-7-2/h15,25-26,28-29,44,50,52,57-58,62H,6-14,16-24,27,30-43,45-49,51,53-56H2,1-5H3,(H-,60,63,64,65)/b26-25-,29-28-,44-15+,52-50+. The van der Waals surface area contributed by atoms with Crippen LogP contribution in [0, 0.1) is 0 Å². The Morgan fingerprint density at radius 1 is 0.515 bits per heavy atom. The lowest BCUT2D eigenvalue weighted by Crippen LogP contribution is -2.45. The molecule has 9 heteroatoms. The molecule has 400 valence electrons. The van der Waals surface area contributed by atoms with Gasteiger partial charge in [0.1, 0.15) is 13.2 Å². The number of nitrogens with zero attached hydrogens (tertiary/aromatic N) is 1. The topological polar surface area (TPSA) is 108 Å². The van der Waals surface area contributed by atoms with Crippen LogP contribution in [0.1, 0.15) is 271 Å². The zero-order valence-electron chi connectivity index (χ0n) is 45.6. The summed E-state index contributed by atoms with van der Waals surface area (Å²) in [6.45, 7) is 4.58. The summed E-state index contributed by atoms with van der Waals surface area (Å²) in [5.41, 5.74) is 0. The van der Waals surface area contributed by atoms with Gasteiger partial charge in [-0.2, -0.15) is 0 Å². The summed E-state index contributed by atoms with van der Waals surface area (Å²) in [6, 6.07) is -0.901. The molecule has 0 aromatic carbocycles. The number of amides is 1. The lowest BCUT2D eigenvalue weighted by molar-refractivity contribution is -0.870. The van der Waals surface area contributed by atoms with E-state index in [0.29, 0.717) is 17.4 Å². The van der Waals surface area contributed by atoms with Gasteiger partial charge >= 0.3 is 0 Å². The fraction of sp³-hybridized carbons (Fsp3) is 0.847. The molecule has 0 aliphatic heterocycles. The van der Waals surface area contributed by atoms with Crippen molar-refractivity contribution in [2.45, 2.75) is 283 Å². The van der Waals surface area contributed by atoms with Gasteiger partial charge in [0.25, 0.3) is 7.82 Å². The maximum absolute atomic E-state index is 12.9. The van der Waals surface area contributed by atoms with Crippen LogP contribution in [0.2, 0.25) is 0 Å². The summed E-state index contributed by atoms with van der Waals surface area (Å²) in [6.07, 6.45) is 66.7. The number of phosphoric acid groups is 1. The maximum atomic E-state index is 12.9. The van der Waals surface area contributed by atoms with Gasteiger partial charge < -0.3 is 28.8 Å². The Morgan fingerprint density at radius 2 is 0.868 bits per heavy atom. The number of aliphatic hydroxyl groups excluding tert-OH is 1. The van der Waals surface area contributed by atoms with Gasteiger partial charge in [0.15, 0.2) is 0 Å². The second-order valence-electron chi connectivity index (χ2n) is 21.0. The number of quaternary nitrogens is 1. The number of phosphoric ester groups is 1. The number of nitrogens with one attached hydrogen (secondary N) is 1. The summed E-state index contributed by atoms with van der Waals surface area (Å²) >= 11 is 0. The van der Waals surface area contributed by atoms with Gasteiger partial charge in [-0.05, 0) is 64.2 Å². The van der Waals surface area contributed by atoms with Crippen LogP contribution in [0.25, 0.3) is 0 Å². The third-order valence-corrected chi connectivity index (χ3v) is 14.0. The van der Waals surface area contributed by atoms with E-state index in [0.717, 1.165) is 44.9 Å². The van der Waals surface area contributed by atoms with Crippen molar-refractivity contribution in [3.63, 3.8) is 0 Å². The van der Waals surface area contributed by atoms with Crippen molar-refractivity contribution in [2.75, 3.05) is 40.9 Å². The first kappa shape index (κ1) is 66.5. The molecular weight excluding hydrogens is 864 g/mol. The van der Waals surface area contributed by atoms with Gasteiger partial charge in [-0.25, -0.2) is 0 Å². The summed E-state index contributed by atoms with van der Waals surface area (Å²) in [5, 5.41) is 13.7. The van der Waals surface area contributed by atoms with E-state index in [9.17, 15) is 19.4 Å². The van der Waals surface area contributed by atoms with Gasteiger partial charge in [-0.1, -0.05) is 249 Å². The molecule has 0 aliphatic carbocycles. The third kappa shape index (κ3) is 52.3. The van der Waals surface area contributed by atoms with Crippen LogP contribution in [0.4, 0.5) is 0 Å². The number of allylic oxidation sites excluding steroid dienone is 7. The van der Waals surface area contributed by atoms with Crippen LogP contribution < -0.4 is 10.2 Å². The summed E-state index contributed by atoms with van der Waals surface area (Å²) < 4.78 is 23.2. The Balaban J connectivity index is 3.87. The number of rotatable bonds is 53. The largest absolute Gasteiger partial charge is 0.756 e. The molecule has 0 aromatic heterocycles. The van der Waals surface area contributed by atoms with Crippen molar-refractivity contribution in [1.29, 1.82) is 0 Å². The minimum Gasteiger partial charge on any atom is -0.756 e. The van der Waals surface area contributed by atoms with E-state index in [2.05, 4.69) is 55.6 Å². The molecule has 0 heterocycles. The number of hydrogen-bond donors (Lipinski definition) is 2. The van der Waals surface area contributed by atoms with Crippen LogP contribution in [0.15, 0.2) is 48.6 Å². The average Bonchev–Trinajstić information content (AvgIpc) is 3.30. The second-order valence-corrected chi connectivity index (χ2v) is 22.4. The van der Waals surface area contributed by atoms with Gasteiger partial charge in [0.05, 0.1) is 39.9 Å². The van der Waals surface area contributed by atoms with E-state index in [-0.39, 0.29) is 12.5 Å². The highest BCUT2D eigenvalue weighted by atomic mass is 31.2. The van der Waals surface area contributed by atoms with Gasteiger partial charge in [-0.15, -0.1) is 0 Å². The van der Waals surface area contributed by atoms with Gasteiger partial charge in [0, 0.05) is 6.42 Å². The predicted molar refractivity (Wildman–Crippen MR) is 293 cm³/mol. The molecule has 0 spiro atoms. The third-order valence-electron chi connectivity index (χ3n) is 13.0. The lowest BCUT2D eigenvalue weighted by Gasteiger charge is -2.29. The Bertz CT molecular complexity index is 1250. The van der Waals surface area contributed by atoms with Crippen molar-refractivity contribution in [1.82, 2.24) is 5.32 Å². The molecule has 0 saturated heterocycles. The van der Waals surface area contributed by atoms with Crippen molar-refractivity contribution in [3.05, 3.63) is 48.6 Å². The van der Waals surface area contributed by atoms with E-state index in [1.54, 1.807) is 6.08 Å². The van der Waals surface area contributed by atoms with E-state index in [4.69, 9.17) is 9.05 Å². The van der Waals surface area contributed by atoms with Gasteiger partial charge in [-0.3, -0.25) is 9.36 Å². The molecule has 0 aliphatic rings. The molecule has 0 radical (unpaired) electrons. The minimum absolute atomic E-state index is 0.00671. The molecule has 2 N–H and O–H groups in total. The average molecular weight is 978 g/mol. The first-order valence-corrected chi connectivity index (χ1v) is 30.5. The van der Waals surface area contributed by atoms with Crippen LogP contribution in [-0.2, 0) is 18.4 Å². The molecule has 8 nitrogen and oxygen atoms in total. The zero-order chi connectivity index (χ0) is 49.9. The van der Waals surface area contributed by atoms with E-state index in [1.807, 2.05) is 27.2 Å². The molecule has 0 bridgehead atoms. The smallest absolute Gasteiger partial charge is 0.268 e. The van der Waals surface area contributed by atoms with Gasteiger partial charge in [0.2, 0.25) is 5.91 Å². The highest BCUT2D eigenvalue weighted by Gasteiger charge is 2.23. The summed E-state index contributed by atoms with van der Waals surface area (Å²) in [5.74, 6) is -0.208. The normalized spacial score (nSPS) is 14.3. The first-order valence-electron chi connectivity index (χ1n) is 29.0. The Hall–Kier alpha value is -1.54. The van der Waals surface area contributed by atoms with Crippen LogP contribution >= 0.6 is 7.82 Å². The number of aliphatic hydroxyl groups is 1. The molecule has 68 heavy (non-hydrogen) atoms. The van der Waals surface area contributed by atoms with Crippen molar-refractivity contribution in [3.8, 4) is 0 Å². The monoisotopic (exact) mass is 977 g/mol. The maximum Gasteiger partial charge on any atom is 0.268 e.